The van der Waals surface area contributed by atoms with Gasteiger partial charge in [0.25, 0.3) is 5.91 Å². The van der Waals surface area contributed by atoms with Crippen LogP contribution in [-0.4, -0.2) is 36.6 Å². The molecule has 0 aliphatic rings. The van der Waals surface area contributed by atoms with E-state index in [1.165, 1.54) is 0 Å². The second-order valence-corrected chi connectivity index (χ2v) is 6.76. The summed E-state index contributed by atoms with van der Waals surface area (Å²) in [6.07, 6.45) is 1.63. The molecule has 3 N–H and O–H groups in total. The molecule has 0 bridgehead atoms. The number of aliphatic hydroxyl groups is 1. The molecule has 0 unspecified atom stereocenters. The first-order chi connectivity index (χ1) is 10.7. The molecule has 0 aliphatic heterocycles. The van der Waals surface area contributed by atoms with Crippen LogP contribution in [0.15, 0.2) is 18.2 Å². The Labute approximate surface area is 138 Å². The minimum absolute atomic E-state index is 0.0326. The first-order valence-corrected chi connectivity index (χ1v) is 7.98. The molecule has 5 heteroatoms. The zero-order chi connectivity index (χ0) is 17.5. The van der Waals surface area contributed by atoms with Crippen molar-refractivity contribution >= 4 is 11.8 Å². The van der Waals surface area contributed by atoms with E-state index in [1.54, 1.807) is 6.07 Å². The van der Waals surface area contributed by atoms with Crippen LogP contribution in [0.4, 0.5) is 0 Å². The highest BCUT2D eigenvalue weighted by Crippen LogP contribution is 2.20. The summed E-state index contributed by atoms with van der Waals surface area (Å²) in [7, 11) is 0. The lowest BCUT2D eigenvalue weighted by atomic mass is 9.89. The van der Waals surface area contributed by atoms with Crippen molar-refractivity contribution in [3.8, 4) is 0 Å². The quantitative estimate of drug-likeness (QED) is 0.641. The third-order valence-electron chi connectivity index (χ3n) is 3.96. The summed E-state index contributed by atoms with van der Waals surface area (Å²) in [5.41, 5.74) is 2.62. The van der Waals surface area contributed by atoms with Crippen LogP contribution in [0.1, 0.15) is 48.2 Å². The molecule has 0 fully saturated rings. The highest BCUT2D eigenvalue weighted by atomic mass is 16.3. The lowest BCUT2D eigenvalue weighted by molar-refractivity contribution is -0.120. The molecular weight excluding hydrogens is 292 g/mol. The second kappa shape index (κ2) is 8.67. The molecule has 23 heavy (non-hydrogen) atoms. The molecule has 0 aliphatic carbocycles. The molecule has 0 spiro atoms. The van der Waals surface area contributed by atoms with Gasteiger partial charge in [-0.05, 0) is 55.4 Å². The molecular formula is C18H28N2O3. The summed E-state index contributed by atoms with van der Waals surface area (Å²) < 4.78 is 0. The lowest BCUT2D eigenvalue weighted by Gasteiger charge is -2.21. The number of hydrogen-bond donors (Lipinski definition) is 3. The zero-order valence-corrected chi connectivity index (χ0v) is 14.5. The van der Waals surface area contributed by atoms with Crippen LogP contribution in [0.3, 0.4) is 0 Å². The van der Waals surface area contributed by atoms with Crippen molar-refractivity contribution in [2.75, 3.05) is 19.7 Å². The van der Waals surface area contributed by atoms with Crippen molar-refractivity contribution in [1.29, 1.82) is 0 Å². The third kappa shape index (κ3) is 6.82. The van der Waals surface area contributed by atoms with Gasteiger partial charge in [-0.1, -0.05) is 19.9 Å². The second-order valence-electron chi connectivity index (χ2n) is 6.76. The molecule has 0 saturated heterocycles. The summed E-state index contributed by atoms with van der Waals surface area (Å²) in [6.45, 7) is 8.55. The average molecular weight is 320 g/mol. The normalized spacial score (nSPS) is 11.2. The van der Waals surface area contributed by atoms with E-state index in [-0.39, 0.29) is 30.4 Å². The Morgan fingerprint density at radius 1 is 1.13 bits per heavy atom. The largest absolute Gasteiger partial charge is 0.396 e. The fourth-order valence-corrected chi connectivity index (χ4v) is 2.08. The van der Waals surface area contributed by atoms with E-state index in [0.29, 0.717) is 12.1 Å². The molecule has 1 aromatic carbocycles. The van der Waals surface area contributed by atoms with Gasteiger partial charge < -0.3 is 15.7 Å². The van der Waals surface area contributed by atoms with Gasteiger partial charge in [0, 0.05) is 18.7 Å². The Kier molecular flexibility index (Phi) is 7.23. The van der Waals surface area contributed by atoms with Gasteiger partial charge in [0.2, 0.25) is 5.91 Å². The minimum atomic E-state index is -0.246. The van der Waals surface area contributed by atoms with Gasteiger partial charge in [-0.2, -0.15) is 0 Å². The minimum Gasteiger partial charge on any atom is -0.396 e. The lowest BCUT2D eigenvalue weighted by Crippen LogP contribution is -2.37. The molecule has 0 atom stereocenters. The number of rotatable bonds is 8. The summed E-state index contributed by atoms with van der Waals surface area (Å²) in [5.74, 6) is -0.450. The van der Waals surface area contributed by atoms with Crippen LogP contribution in [0.2, 0.25) is 0 Å². The maximum Gasteiger partial charge on any atom is 0.251 e. The van der Waals surface area contributed by atoms with Crippen molar-refractivity contribution in [2.45, 2.75) is 40.5 Å². The van der Waals surface area contributed by atoms with Crippen molar-refractivity contribution in [1.82, 2.24) is 10.6 Å². The van der Waals surface area contributed by atoms with Crippen molar-refractivity contribution in [2.24, 2.45) is 5.41 Å². The van der Waals surface area contributed by atoms with E-state index in [1.807, 2.05) is 39.8 Å². The fraction of sp³-hybridized carbons (Fsp3) is 0.556. The molecule has 0 saturated carbocycles. The molecule has 128 valence electrons. The Hall–Kier alpha value is -1.88. The van der Waals surface area contributed by atoms with Crippen molar-refractivity contribution in [3.05, 3.63) is 34.9 Å². The zero-order valence-electron chi connectivity index (χ0n) is 14.5. The summed E-state index contributed by atoms with van der Waals surface area (Å²) >= 11 is 0. The van der Waals surface area contributed by atoms with Gasteiger partial charge in [0.1, 0.15) is 0 Å². The van der Waals surface area contributed by atoms with Gasteiger partial charge in [-0.15, -0.1) is 0 Å². The fourth-order valence-electron chi connectivity index (χ4n) is 2.08. The van der Waals surface area contributed by atoms with Crippen molar-refractivity contribution in [3.63, 3.8) is 0 Å². The van der Waals surface area contributed by atoms with Crippen LogP contribution >= 0.6 is 0 Å². The van der Waals surface area contributed by atoms with E-state index in [2.05, 4.69) is 10.6 Å². The Morgan fingerprint density at radius 3 is 2.43 bits per heavy atom. The van der Waals surface area contributed by atoms with E-state index < -0.39 is 0 Å². The summed E-state index contributed by atoms with van der Waals surface area (Å²) in [4.78, 5) is 23.7. The monoisotopic (exact) mass is 320 g/mol. The highest BCUT2D eigenvalue weighted by molar-refractivity contribution is 5.96. The van der Waals surface area contributed by atoms with Gasteiger partial charge in [0.05, 0.1) is 6.54 Å². The highest BCUT2D eigenvalue weighted by Gasteiger charge is 2.15. The predicted octanol–water partition coefficient (Wildman–Crippen LogP) is 1.95. The molecule has 2 amide bonds. The number of aryl methyl sites for hydroxylation is 2. The maximum atomic E-state index is 12.0. The predicted molar refractivity (Wildman–Crippen MR) is 91.4 cm³/mol. The van der Waals surface area contributed by atoms with E-state index >= 15 is 0 Å². The number of carbonyl (C=O) groups excluding carboxylic acids is 2. The summed E-state index contributed by atoms with van der Waals surface area (Å²) in [6, 6.07) is 5.47. The van der Waals surface area contributed by atoms with E-state index in [4.69, 9.17) is 5.11 Å². The molecule has 0 radical (unpaired) electrons. The standard InChI is InChI=1S/C18H28N2O3/c1-13-6-7-15(10-14(13)2)17(23)20-11-16(22)19-9-5-8-18(3,4)12-21/h6-7,10,21H,5,8-9,11-12H2,1-4H3,(H,19,22)(H,20,23). The molecule has 5 nitrogen and oxygen atoms in total. The Morgan fingerprint density at radius 2 is 1.83 bits per heavy atom. The number of amides is 2. The van der Waals surface area contributed by atoms with Gasteiger partial charge in [0.15, 0.2) is 0 Å². The molecule has 1 rings (SSSR count). The van der Waals surface area contributed by atoms with Crippen LogP contribution in [0.25, 0.3) is 0 Å². The van der Waals surface area contributed by atoms with Crippen LogP contribution in [-0.2, 0) is 4.79 Å². The average Bonchev–Trinajstić information content (AvgIpc) is 2.52. The molecule has 1 aromatic rings. The van der Waals surface area contributed by atoms with Gasteiger partial charge >= 0.3 is 0 Å². The van der Waals surface area contributed by atoms with Crippen molar-refractivity contribution < 1.29 is 14.7 Å². The number of benzene rings is 1. The van der Waals surface area contributed by atoms with Crippen LogP contribution in [0.5, 0.6) is 0 Å². The third-order valence-corrected chi connectivity index (χ3v) is 3.96. The first kappa shape index (κ1) is 19.2. The number of hydrogen-bond acceptors (Lipinski definition) is 3. The van der Waals surface area contributed by atoms with Crippen LogP contribution in [0, 0.1) is 19.3 Å². The number of carbonyl (C=O) groups is 2. The molecule has 0 aromatic heterocycles. The van der Waals surface area contributed by atoms with E-state index in [0.717, 1.165) is 24.0 Å². The number of aliphatic hydroxyl groups excluding tert-OH is 1. The van der Waals surface area contributed by atoms with Gasteiger partial charge in [-0.3, -0.25) is 9.59 Å². The molecule has 0 heterocycles. The van der Waals surface area contributed by atoms with Crippen LogP contribution < -0.4 is 10.6 Å². The van der Waals surface area contributed by atoms with Gasteiger partial charge in [-0.25, -0.2) is 0 Å². The SMILES string of the molecule is Cc1ccc(C(=O)NCC(=O)NCCCC(C)(C)CO)cc1C. The van der Waals surface area contributed by atoms with E-state index in [9.17, 15) is 9.59 Å². The Bertz CT molecular complexity index is 553. The smallest absolute Gasteiger partial charge is 0.251 e. The number of nitrogens with one attached hydrogen (secondary N) is 2. The summed E-state index contributed by atoms with van der Waals surface area (Å²) in [5, 5.41) is 14.6. The maximum absolute atomic E-state index is 12.0. The topological polar surface area (TPSA) is 78.4 Å². The first-order valence-electron chi connectivity index (χ1n) is 7.98. The Balaban J connectivity index is 2.30.